The van der Waals surface area contributed by atoms with Crippen LogP contribution in [-0.2, 0) is 0 Å². The van der Waals surface area contributed by atoms with E-state index in [0.717, 1.165) is 22.5 Å². The predicted molar refractivity (Wildman–Crippen MR) is 143 cm³/mol. The number of furan rings is 1. The maximum atomic E-state index is 11.4. The molecular formula is C28H25N3O5S. The monoisotopic (exact) mass is 515 g/mol. The van der Waals surface area contributed by atoms with Crippen molar-refractivity contribution in [2.24, 2.45) is 0 Å². The Morgan fingerprint density at radius 1 is 1.08 bits per heavy atom. The molecule has 2 atom stereocenters. The lowest BCUT2D eigenvalue weighted by Gasteiger charge is -2.27. The molecule has 2 N–H and O–H groups in total. The second-order valence-electron chi connectivity index (χ2n) is 8.57. The van der Waals surface area contributed by atoms with Gasteiger partial charge in [0.05, 0.1) is 37.2 Å². The highest BCUT2D eigenvalue weighted by Crippen LogP contribution is 2.46. The molecule has 1 fully saturated rings. The van der Waals surface area contributed by atoms with E-state index in [2.05, 4.69) is 10.3 Å². The number of carboxylic acids is 1. The fraction of sp³-hybridized carbons (Fsp3) is 0.179. The van der Waals surface area contributed by atoms with Gasteiger partial charge < -0.3 is 29.2 Å². The highest BCUT2D eigenvalue weighted by molar-refractivity contribution is 7.80. The quantitative estimate of drug-likeness (QED) is 0.307. The average molecular weight is 516 g/mol. The molecule has 2 aromatic heterocycles. The zero-order valence-electron chi connectivity index (χ0n) is 20.5. The Kier molecular flexibility index (Phi) is 6.54. The number of aromatic nitrogens is 1. The van der Waals surface area contributed by atoms with Crippen LogP contribution in [-0.4, -0.2) is 35.4 Å². The van der Waals surface area contributed by atoms with E-state index >= 15 is 0 Å². The number of benzene rings is 2. The maximum absolute atomic E-state index is 11.4. The molecule has 1 aliphatic heterocycles. The molecule has 0 radical (unpaired) electrons. The van der Waals surface area contributed by atoms with E-state index in [4.69, 9.17) is 26.1 Å². The van der Waals surface area contributed by atoms with Crippen molar-refractivity contribution in [3.8, 4) is 22.8 Å². The zero-order chi connectivity index (χ0) is 26.1. The van der Waals surface area contributed by atoms with E-state index in [1.807, 2.05) is 60.4 Å². The standard InChI is InChI=1S/C28H25N3O5S/c1-16-14-17(27(32)33)7-9-19(16)22-11-12-24(36-22)26-25(20-6-4-5-13-29-20)30-28(37)31(26)21-15-18(34-2)8-10-23(21)35-3/h4-15,25-26H,1-3H3,(H,30,37)(H,32,33)/t25-,26+/m1/s1. The molecule has 5 rings (SSSR count). The van der Waals surface area contributed by atoms with Crippen molar-refractivity contribution in [3.63, 3.8) is 0 Å². The van der Waals surface area contributed by atoms with Crippen LogP contribution in [0.3, 0.4) is 0 Å². The van der Waals surface area contributed by atoms with Crippen LogP contribution in [0.5, 0.6) is 11.5 Å². The van der Waals surface area contributed by atoms with Crippen LogP contribution in [0, 0.1) is 6.92 Å². The zero-order valence-corrected chi connectivity index (χ0v) is 21.3. The normalized spacial score (nSPS) is 16.9. The first-order valence-electron chi connectivity index (χ1n) is 11.6. The van der Waals surface area contributed by atoms with Crippen LogP contribution in [0.4, 0.5) is 5.69 Å². The Balaban J connectivity index is 1.63. The summed E-state index contributed by atoms with van der Waals surface area (Å²) in [6, 6.07) is 19.3. The second kappa shape index (κ2) is 9.94. The van der Waals surface area contributed by atoms with Crippen molar-refractivity contribution >= 4 is 29.0 Å². The van der Waals surface area contributed by atoms with Crippen LogP contribution in [0.2, 0.25) is 0 Å². The summed E-state index contributed by atoms with van der Waals surface area (Å²) >= 11 is 5.82. The largest absolute Gasteiger partial charge is 0.497 e. The molecule has 0 aliphatic carbocycles. The van der Waals surface area contributed by atoms with Gasteiger partial charge in [-0.05, 0) is 73.2 Å². The summed E-state index contributed by atoms with van der Waals surface area (Å²) in [5.41, 5.74) is 3.37. The van der Waals surface area contributed by atoms with Gasteiger partial charge in [0, 0.05) is 17.8 Å². The van der Waals surface area contributed by atoms with Crippen LogP contribution in [0.25, 0.3) is 11.3 Å². The average Bonchev–Trinajstić information content (AvgIpc) is 3.53. The number of carbonyl (C=O) groups is 1. The fourth-order valence-electron chi connectivity index (χ4n) is 4.62. The third kappa shape index (κ3) is 4.49. The summed E-state index contributed by atoms with van der Waals surface area (Å²) in [6.07, 6.45) is 1.74. The summed E-state index contributed by atoms with van der Waals surface area (Å²) in [4.78, 5) is 17.9. The summed E-state index contributed by atoms with van der Waals surface area (Å²) in [6.45, 7) is 1.86. The Morgan fingerprint density at radius 3 is 2.59 bits per heavy atom. The number of hydrogen-bond donors (Lipinski definition) is 2. The third-order valence-corrected chi connectivity index (χ3v) is 6.72. The molecule has 0 saturated carbocycles. The van der Waals surface area contributed by atoms with Crippen molar-refractivity contribution < 1.29 is 23.8 Å². The molecule has 1 aliphatic rings. The lowest BCUT2D eigenvalue weighted by Crippen LogP contribution is -2.29. The van der Waals surface area contributed by atoms with E-state index in [1.165, 1.54) is 0 Å². The van der Waals surface area contributed by atoms with Crippen LogP contribution in [0.1, 0.15) is 39.5 Å². The van der Waals surface area contributed by atoms with Gasteiger partial charge in [0.2, 0.25) is 0 Å². The maximum Gasteiger partial charge on any atom is 0.335 e. The van der Waals surface area contributed by atoms with Crippen molar-refractivity contribution in [2.45, 2.75) is 19.0 Å². The van der Waals surface area contributed by atoms with Crippen molar-refractivity contribution in [1.29, 1.82) is 0 Å². The number of nitrogens with zero attached hydrogens (tertiary/aromatic N) is 2. The van der Waals surface area contributed by atoms with Gasteiger partial charge in [0.1, 0.15) is 29.1 Å². The molecule has 37 heavy (non-hydrogen) atoms. The number of pyridine rings is 1. The number of rotatable bonds is 7. The van der Waals surface area contributed by atoms with Gasteiger partial charge in [-0.15, -0.1) is 0 Å². The van der Waals surface area contributed by atoms with Gasteiger partial charge >= 0.3 is 5.97 Å². The number of carboxylic acid groups (broad SMARTS) is 1. The number of thiocarbonyl (C=S) groups is 1. The number of hydrogen-bond acceptors (Lipinski definition) is 6. The molecule has 8 nitrogen and oxygen atoms in total. The van der Waals surface area contributed by atoms with E-state index in [-0.39, 0.29) is 11.6 Å². The molecule has 0 spiro atoms. The van der Waals surface area contributed by atoms with E-state index in [1.54, 1.807) is 38.6 Å². The lowest BCUT2D eigenvalue weighted by atomic mass is 10.0. The molecule has 1 saturated heterocycles. The minimum Gasteiger partial charge on any atom is -0.497 e. The minimum absolute atomic E-state index is 0.227. The van der Waals surface area contributed by atoms with E-state index < -0.39 is 12.0 Å². The molecule has 2 aromatic carbocycles. The van der Waals surface area contributed by atoms with Gasteiger partial charge in [-0.1, -0.05) is 12.1 Å². The Hall–Kier alpha value is -4.37. The van der Waals surface area contributed by atoms with E-state index in [9.17, 15) is 9.90 Å². The molecule has 4 aromatic rings. The second-order valence-corrected chi connectivity index (χ2v) is 8.96. The Morgan fingerprint density at radius 2 is 1.92 bits per heavy atom. The third-order valence-electron chi connectivity index (χ3n) is 6.40. The van der Waals surface area contributed by atoms with Gasteiger partial charge in [-0.25, -0.2) is 4.79 Å². The Labute approximate surface area is 219 Å². The fourth-order valence-corrected chi connectivity index (χ4v) is 4.96. The van der Waals surface area contributed by atoms with Crippen LogP contribution >= 0.6 is 12.2 Å². The van der Waals surface area contributed by atoms with Crippen LogP contribution in [0.15, 0.2) is 77.3 Å². The number of anilines is 1. The number of aromatic carboxylic acids is 1. The number of nitrogens with one attached hydrogen (secondary N) is 1. The van der Waals surface area contributed by atoms with Crippen molar-refractivity contribution in [3.05, 3.63) is 95.5 Å². The number of aryl methyl sites for hydroxylation is 1. The highest BCUT2D eigenvalue weighted by Gasteiger charge is 2.43. The van der Waals surface area contributed by atoms with E-state index in [0.29, 0.717) is 28.1 Å². The first-order chi connectivity index (χ1) is 17.9. The topological polar surface area (TPSA) is 97.1 Å². The minimum atomic E-state index is -0.971. The van der Waals surface area contributed by atoms with Gasteiger partial charge in [-0.3, -0.25) is 4.98 Å². The van der Waals surface area contributed by atoms with Crippen LogP contribution < -0.4 is 19.7 Å². The summed E-state index contributed by atoms with van der Waals surface area (Å²) < 4.78 is 17.6. The molecule has 0 amide bonds. The molecular weight excluding hydrogens is 490 g/mol. The first-order valence-corrected chi connectivity index (χ1v) is 12.0. The summed E-state index contributed by atoms with van der Waals surface area (Å²) in [7, 11) is 3.22. The van der Waals surface area contributed by atoms with Crippen molar-refractivity contribution in [1.82, 2.24) is 10.3 Å². The van der Waals surface area contributed by atoms with Gasteiger partial charge in [0.25, 0.3) is 0 Å². The molecule has 3 heterocycles. The first kappa shape index (κ1) is 24.3. The smallest absolute Gasteiger partial charge is 0.335 e. The van der Waals surface area contributed by atoms with Crippen molar-refractivity contribution in [2.75, 3.05) is 19.1 Å². The molecule has 188 valence electrons. The summed E-state index contributed by atoms with van der Waals surface area (Å²) in [5.74, 6) is 1.60. The molecule has 0 unspecified atom stereocenters. The summed E-state index contributed by atoms with van der Waals surface area (Å²) in [5, 5.41) is 13.2. The predicted octanol–water partition coefficient (Wildman–Crippen LogP) is 5.54. The highest BCUT2D eigenvalue weighted by atomic mass is 32.1. The van der Waals surface area contributed by atoms with Gasteiger partial charge in [0.15, 0.2) is 5.11 Å². The molecule has 9 heteroatoms. The lowest BCUT2D eigenvalue weighted by molar-refractivity contribution is 0.0696. The number of methoxy groups -OCH3 is 2. The number of ether oxygens (including phenoxy) is 2. The SMILES string of the molecule is COc1ccc(OC)c(N2C(=S)N[C@H](c3ccccn3)[C@@H]2c2ccc(-c3ccc(C(=O)O)cc3C)o2)c1. The van der Waals surface area contributed by atoms with Gasteiger partial charge in [-0.2, -0.15) is 0 Å². The molecule has 0 bridgehead atoms. The Bertz CT molecular complexity index is 1470.